The third-order valence-electron chi connectivity index (χ3n) is 3.62. The molecule has 1 aliphatic rings. The van der Waals surface area contributed by atoms with E-state index in [1.165, 1.54) is 0 Å². The first-order valence-electron chi connectivity index (χ1n) is 7.34. The first-order chi connectivity index (χ1) is 9.87. The minimum Gasteiger partial charge on any atom is -0.369 e. The molecule has 0 amide bonds. The maximum absolute atomic E-state index is 11.7. The van der Waals surface area contributed by atoms with Crippen molar-refractivity contribution in [2.45, 2.75) is 32.9 Å². The predicted octanol–water partition coefficient (Wildman–Crippen LogP) is 2.46. The monoisotopic (exact) mass is 330 g/mol. The summed E-state index contributed by atoms with van der Waals surface area (Å²) in [5.41, 5.74) is 2.07. The van der Waals surface area contributed by atoms with Crippen molar-refractivity contribution in [3.05, 3.63) is 28.8 Å². The SMILES string of the molecule is CC(C)NCc1ccc(N2CCCS(=O)(=O)CC2)c(Cl)c1. The summed E-state index contributed by atoms with van der Waals surface area (Å²) in [6.07, 6.45) is 0.662. The van der Waals surface area contributed by atoms with Crippen LogP contribution in [-0.2, 0) is 16.4 Å². The van der Waals surface area contributed by atoms with Crippen molar-refractivity contribution in [3.63, 3.8) is 0 Å². The van der Waals surface area contributed by atoms with Crippen LogP contribution in [0.15, 0.2) is 18.2 Å². The van der Waals surface area contributed by atoms with Gasteiger partial charge < -0.3 is 10.2 Å². The van der Waals surface area contributed by atoms with Crippen LogP contribution in [0.3, 0.4) is 0 Å². The summed E-state index contributed by atoms with van der Waals surface area (Å²) in [6, 6.07) is 6.44. The van der Waals surface area contributed by atoms with Gasteiger partial charge in [0.25, 0.3) is 0 Å². The fraction of sp³-hybridized carbons (Fsp3) is 0.600. The molecule has 1 aromatic carbocycles. The average Bonchev–Trinajstić information content (AvgIpc) is 2.58. The van der Waals surface area contributed by atoms with Crippen LogP contribution in [0.1, 0.15) is 25.8 Å². The fourth-order valence-corrected chi connectivity index (χ4v) is 4.01. The van der Waals surface area contributed by atoms with E-state index in [4.69, 9.17) is 11.6 Å². The molecule has 21 heavy (non-hydrogen) atoms. The van der Waals surface area contributed by atoms with Gasteiger partial charge in [0.2, 0.25) is 0 Å². The van der Waals surface area contributed by atoms with Crippen LogP contribution in [-0.4, -0.2) is 39.1 Å². The molecular weight excluding hydrogens is 308 g/mol. The summed E-state index contributed by atoms with van der Waals surface area (Å²) in [6.45, 7) is 6.25. The van der Waals surface area contributed by atoms with Gasteiger partial charge in [-0.15, -0.1) is 0 Å². The van der Waals surface area contributed by atoms with Gasteiger partial charge in [0.15, 0.2) is 9.84 Å². The van der Waals surface area contributed by atoms with Crippen molar-refractivity contribution in [2.24, 2.45) is 0 Å². The van der Waals surface area contributed by atoms with Crippen molar-refractivity contribution in [1.29, 1.82) is 0 Å². The van der Waals surface area contributed by atoms with E-state index in [0.29, 0.717) is 24.0 Å². The lowest BCUT2D eigenvalue weighted by Gasteiger charge is -2.23. The van der Waals surface area contributed by atoms with Gasteiger partial charge in [0, 0.05) is 25.7 Å². The van der Waals surface area contributed by atoms with E-state index >= 15 is 0 Å². The fourth-order valence-electron chi connectivity index (χ4n) is 2.42. The lowest BCUT2D eigenvalue weighted by atomic mass is 10.1. The summed E-state index contributed by atoms with van der Waals surface area (Å²) in [5, 5.41) is 4.05. The molecule has 1 aliphatic heterocycles. The summed E-state index contributed by atoms with van der Waals surface area (Å²) in [5.74, 6) is 0.484. The average molecular weight is 331 g/mol. The minimum atomic E-state index is -2.89. The number of rotatable bonds is 4. The Labute approximate surface area is 132 Å². The minimum absolute atomic E-state index is 0.208. The number of anilines is 1. The Hall–Kier alpha value is -0.780. The van der Waals surface area contributed by atoms with Gasteiger partial charge in [-0.1, -0.05) is 31.5 Å². The van der Waals surface area contributed by atoms with Gasteiger partial charge in [-0.05, 0) is 24.1 Å². The summed E-state index contributed by atoms with van der Waals surface area (Å²) in [4.78, 5) is 2.08. The van der Waals surface area contributed by atoms with Crippen molar-refractivity contribution in [1.82, 2.24) is 5.32 Å². The van der Waals surface area contributed by atoms with Crippen molar-refractivity contribution < 1.29 is 8.42 Å². The third kappa shape index (κ3) is 4.87. The summed E-state index contributed by atoms with van der Waals surface area (Å²) in [7, 11) is -2.89. The van der Waals surface area contributed by atoms with Crippen molar-refractivity contribution in [2.75, 3.05) is 29.5 Å². The quantitative estimate of drug-likeness (QED) is 0.921. The Morgan fingerprint density at radius 1 is 1.29 bits per heavy atom. The highest BCUT2D eigenvalue weighted by atomic mass is 35.5. The standard InChI is InChI=1S/C15H23ClN2O2S/c1-12(2)17-11-13-4-5-15(14(16)10-13)18-6-3-8-21(19,20)9-7-18/h4-5,10,12,17H,3,6-9,11H2,1-2H3. The first-order valence-corrected chi connectivity index (χ1v) is 9.54. The molecule has 1 aromatic rings. The molecule has 6 heteroatoms. The molecule has 0 bridgehead atoms. The number of sulfone groups is 1. The zero-order valence-electron chi connectivity index (χ0n) is 12.6. The Morgan fingerprint density at radius 3 is 2.71 bits per heavy atom. The van der Waals surface area contributed by atoms with E-state index in [1.54, 1.807) is 0 Å². The van der Waals surface area contributed by atoms with Crippen LogP contribution in [0.4, 0.5) is 5.69 Å². The van der Waals surface area contributed by atoms with Gasteiger partial charge in [-0.2, -0.15) is 0 Å². The van der Waals surface area contributed by atoms with E-state index < -0.39 is 9.84 Å². The topological polar surface area (TPSA) is 49.4 Å². The highest BCUT2D eigenvalue weighted by Crippen LogP contribution is 2.28. The first kappa shape index (κ1) is 16.6. The number of halogens is 1. The molecule has 0 radical (unpaired) electrons. The zero-order chi connectivity index (χ0) is 15.5. The van der Waals surface area contributed by atoms with Gasteiger partial charge in [-0.3, -0.25) is 0 Å². The van der Waals surface area contributed by atoms with Crippen LogP contribution >= 0.6 is 11.6 Å². The molecule has 0 spiro atoms. The van der Waals surface area contributed by atoms with E-state index in [-0.39, 0.29) is 11.5 Å². The van der Waals surface area contributed by atoms with E-state index in [2.05, 4.69) is 30.1 Å². The second-order valence-corrected chi connectivity index (χ2v) is 8.52. The number of hydrogen-bond donors (Lipinski definition) is 1. The predicted molar refractivity (Wildman–Crippen MR) is 88.9 cm³/mol. The van der Waals surface area contributed by atoms with Crippen molar-refractivity contribution >= 4 is 27.1 Å². The number of nitrogens with one attached hydrogen (secondary N) is 1. The molecule has 0 atom stereocenters. The van der Waals surface area contributed by atoms with Crippen LogP contribution < -0.4 is 10.2 Å². The second-order valence-electron chi connectivity index (χ2n) is 5.81. The smallest absolute Gasteiger partial charge is 0.152 e. The Balaban J connectivity index is 2.09. The Kier molecular flexibility index (Phi) is 5.52. The van der Waals surface area contributed by atoms with Gasteiger partial charge >= 0.3 is 0 Å². The summed E-state index contributed by atoms with van der Waals surface area (Å²) < 4.78 is 23.3. The number of hydrogen-bond acceptors (Lipinski definition) is 4. The molecule has 4 nitrogen and oxygen atoms in total. The molecule has 2 rings (SSSR count). The molecule has 1 fully saturated rings. The maximum atomic E-state index is 11.7. The molecule has 1 saturated heterocycles. The van der Waals surface area contributed by atoms with Gasteiger partial charge in [-0.25, -0.2) is 8.42 Å². The van der Waals surface area contributed by atoms with E-state index in [1.807, 2.05) is 12.1 Å². The highest BCUT2D eigenvalue weighted by Gasteiger charge is 2.20. The summed E-state index contributed by atoms with van der Waals surface area (Å²) >= 11 is 6.38. The number of nitrogens with zero attached hydrogens (tertiary/aromatic N) is 1. The van der Waals surface area contributed by atoms with Gasteiger partial charge in [0.1, 0.15) is 0 Å². The lowest BCUT2D eigenvalue weighted by Crippen LogP contribution is -2.27. The van der Waals surface area contributed by atoms with Crippen LogP contribution in [0.2, 0.25) is 5.02 Å². The van der Waals surface area contributed by atoms with Crippen LogP contribution in [0, 0.1) is 0 Å². The van der Waals surface area contributed by atoms with Crippen LogP contribution in [0.25, 0.3) is 0 Å². The molecule has 0 aliphatic carbocycles. The zero-order valence-corrected chi connectivity index (χ0v) is 14.2. The Morgan fingerprint density at radius 2 is 2.05 bits per heavy atom. The maximum Gasteiger partial charge on any atom is 0.152 e. The number of benzene rings is 1. The largest absolute Gasteiger partial charge is 0.369 e. The Bertz CT molecular complexity index is 587. The third-order valence-corrected chi connectivity index (χ3v) is 5.64. The lowest BCUT2D eigenvalue weighted by molar-refractivity contribution is 0.589. The second kappa shape index (κ2) is 6.99. The molecule has 0 aromatic heterocycles. The highest BCUT2D eigenvalue weighted by molar-refractivity contribution is 7.91. The molecular formula is C15H23ClN2O2S. The molecule has 0 saturated carbocycles. The molecule has 1 N–H and O–H groups in total. The normalized spacial score (nSPS) is 18.8. The van der Waals surface area contributed by atoms with Crippen molar-refractivity contribution in [3.8, 4) is 0 Å². The van der Waals surface area contributed by atoms with E-state index in [0.717, 1.165) is 24.3 Å². The molecule has 118 valence electrons. The van der Waals surface area contributed by atoms with Gasteiger partial charge in [0.05, 0.1) is 22.2 Å². The molecule has 0 unspecified atom stereocenters. The molecule has 1 heterocycles. The van der Waals surface area contributed by atoms with E-state index in [9.17, 15) is 8.42 Å². The van der Waals surface area contributed by atoms with Crippen LogP contribution in [0.5, 0.6) is 0 Å².